The molecule has 0 spiro atoms. The second-order valence-corrected chi connectivity index (χ2v) is 6.04. The lowest BCUT2D eigenvalue weighted by Gasteiger charge is -2.22. The molecule has 0 aromatic heterocycles. The minimum absolute atomic E-state index is 0.185. The Bertz CT molecular complexity index is 324. The monoisotopic (exact) mass is 235 g/mol. The summed E-state index contributed by atoms with van der Waals surface area (Å²) in [4.78, 5) is 0. The van der Waals surface area contributed by atoms with E-state index in [1.54, 1.807) is 0 Å². The molecule has 0 aliphatic rings. The van der Waals surface area contributed by atoms with E-state index in [1.165, 1.54) is 11.1 Å². The first-order valence-electron chi connectivity index (χ1n) is 6.31. The molecule has 17 heavy (non-hydrogen) atoms. The van der Waals surface area contributed by atoms with Crippen LogP contribution in [-0.2, 0) is 6.54 Å². The normalized spacial score (nSPS) is 13.7. The molecule has 2 N–H and O–H groups in total. The molecule has 0 fully saturated rings. The fourth-order valence-corrected chi connectivity index (χ4v) is 1.87. The van der Waals surface area contributed by atoms with Gasteiger partial charge in [0.05, 0.1) is 6.10 Å². The van der Waals surface area contributed by atoms with Crippen LogP contribution in [0, 0.1) is 12.3 Å². The van der Waals surface area contributed by atoms with Gasteiger partial charge in [0.1, 0.15) is 0 Å². The Labute approximate surface area is 105 Å². The average Bonchev–Trinajstić information content (AvgIpc) is 2.18. The highest BCUT2D eigenvalue weighted by molar-refractivity contribution is 5.21. The number of aliphatic hydroxyl groups is 1. The maximum atomic E-state index is 9.84. The van der Waals surface area contributed by atoms with Gasteiger partial charge in [0, 0.05) is 13.1 Å². The predicted molar refractivity (Wildman–Crippen MR) is 73.0 cm³/mol. The van der Waals surface area contributed by atoms with Crippen molar-refractivity contribution in [2.75, 3.05) is 6.54 Å². The Morgan fingerprint density at radius 1 is 1.18 bits per heavy atom. The lowest BCUT2D eigenvalue weighted by molar-refractivity contribution is 0.119. The van der Waals surface area contributed by atoms with Gasteiger partial charge in [0.15, 0.2) is 0 Å². The molecule has 0 heterocycles. The molecule has 2 heteroatoms. The molecular weight excluding hydrogens is 210 g/mol. The van der Waals surface area contributed by atoms with E-state index in [4.69, 9.17) is 0 Å². The summed E-state index contributed by atoms with van der Waals surface area (Å²) in [6.07, 6.45) is 0.564. The minimum Gasteiger partial charge on any atom is -0.392 e. The van der Waals surface area contributed by atoms with Crippen LogP contribution in [0.3, 0.4) is 0 Å². The molecule has 1 aromatic carbocycles. The van der Waals surface area contributed by atoms with E-state index < -0.39 is 0 Å². The van der Waals surface area contributed by atoms with Gasteiger partial charge in [0.25, 0.3) is 0 Å². The van der Waals surface area contributed by atoms with E-state index in [-0.39, 0.29) is 11.5 Å². The van der Waals surface area contributed by atoms with Crippen molar-refractivity contribution in [3.63, 3.8) is 0 Å². The molecule has 96 valence electrons. The smallest absolute Gasteiger partial charge is 0.0669 e. The van der Waals surface area contributed by atoms with E-state index >= 15 is 0 Å². The Morgan fingerprint density at radius 2 is 1.76 bits per heavy atom. The maximum absolute atomic E-state index is 9.84. The van der Waals surface area contributed by atoms with Crippen molar-refractivity contribution in [1.82, 2.24) is 5.32 Å². The largest absolute Gasteiger partial charge is 0.392 e. The Morgan fingerprint density at radius 3 is 2.29 bits per heavy atom. The lowest BCUT2D eigenvalue weighted by atomic mass is 9.89. The predicted octanol–water partition coefficient (Wildman–Crippen LogP) is 2.88. The highest BCUT2D eigenvalue weighted by atomic mass is 16.3. The first kappa shape index (κ1) is 14.2. The van der Waals surface area contributed by atoms with E-state index in [0.29, 0.717) is 6.54 Å². The van der Waals surface area contributed by atoms with Crippen molar-refractivity contribution >= 4 is 0 Å². The second kappa shape index (κ2) is 6.18. The van der Waals surface area contributed by atoms with Gasteiger partial charge in [-0.3, -0.25) is 0 Å². The average molecular weight is 235 g/mol. The van der Waals surface area contributed by atoms with E-state index in [0.717, 1.165) is 13.0 Å². The standard InChI is InChI=1S/C15H25NO/c1-12-5-7-13(8-6-12)10-16-11-14(17)9-15(2,3)4/h5-8,14,16-17H,9-11H2,1-4H3. The van der Waals surface area contributed by atoms with Crippen molar-refractivity contribution in [2.45, 2.75) is 46.8 Å². The van der Waals surface area contributed by atoms with Crippen LogP contribution >= 0.6 is 0 Å². The molecule has 1 atom stereocenters. The number of benzene rings is 1. The van der Waals surface area contributed by atoms with Crippen LogP contribution in [0.5, 0.6) is 0 Å². The number of aliphatic hydroxyl groups excluding tert-OH is 1. The highest BCUT2D eigenvalue weighted by Gasteiger charge is 2.15. The molecule has 1 rings (SSSR count). The number of nitrogens with one attached hydrogen (secondary N) is 1. The summed E-state index contributed by atoms with van der Waals surface area (Å²) in [6, 6.07) is 8.47. The Balaban J connectivity index is 2.26. The maximum Gasteiger partial charge on any atom is 0.0669 e. The molecule has 1 unspecified atom stereocenters. The number of rotatable bonds is 5. The summed E-state index contributed by atoms with van der Waals surface area (Å²) in [6.45, 7) is 10.0. The SMILES string of the molecule is Cc1ccc(CNCC(O)CC(C)(C)C)cc1. The van der Waals surface area contributed by atoms with Gasteiger partial charge < -0.3 is 10.4 Å². The third kappa shape index (κ3) is 6.44. The van der Waals surface area contributed by atoms with Crippen molar-refractivity contribution in [3.8, 4) is 0 Å². The molecule has 0 saturated heterocycles. The van der Waals surface area contributed by atoms with Gasteiger partial charge in [-0.25, -0.2) is 0 Å². The van der Waals surface area contributed by atoms with Crippen LogP contribution in [0.1, 0.15) is 38.3 Å². The van der Waals surface area contributed by atoms with Gasteiger partial charge in [0.2, 0.25) is 0 Å². The molecule has 2 nitrogen and oxygen atoms in total. The van der Waals surface area contributed by atoms with Crippen LogP contribution in [0.4, 0.5) is 0 Å². The van der Waals surface area contributed by atoms with Crippen LogP contribution < -0.4 is 5.32 Å². The molecule has 0 amide bonds. The first-order valence-corrected chi connectivity index (χ1v) is 6.31. The minimum atomic E-state index is -0.263. The summed E-state index contributed by atoms with van der Waals surface area (Å²) in [5.41, 5.74) is 2.73. The summed E-state index contributed by atoms with van der Waals surface area (Å²) in [5.74, 6) is 0. The Hall–Kier alpha value is -0.860. The van der Waals surface area contributed by atoms with Crippen molar-refractivity contribution in [1.29, 1.82) is 0 Å². The van der Waals surface area contributed by atoms with Gasteiger partial charge in [-0.1, -0.05) is 50.6 Å². The number of aryl methyl sites for hydroxylation is 1. The first-order chi connectivity index (χ1) is 7.87. The van der Waals surface area contributed by atoms with Crippen LogP contribution in [0.15, 0.2) is 24.3 Å². The van der Waals surface area contributed by atoms with Crippen LogP contribution in [0.25, 0.3) is 0 Å². The number of hydrogen-bond acceptors (Lipinski definition) is 2. The molecule has 0 bridgehead atoms. The summed E-state index contributed by atoms with van der Waals surface area (Å²) >= 11 is 0. The molecule has 0 aliphatic heterocycles. The zero-order chi connectivity index (χ0) is 12.9. The lowest BCUT2D eigenvalue weighted by Crippen LogP contribution is -2.29. The van der Waals surface area contributed by atoms with Gasteiger partial charge in [-0.05, 0) is 24.3 Å². The van der Waals surface area contributed by atoms with Crippen LogP contribution in [0.2, 0.25) is 0 Å². The second-order valence-electron chi connectivity index (χ2n) is 6.04. The van der Waals surface area contributed by atoms with Crippen LogP contribution in [-0.4, -0.2) is 17.8 Å². The zero-order valence-corrected chi connectivity index (χ0v) is 11.5. The van der Waals surface area contributed by atoms with Gasteiger partial charge in [-0.15, -0.1) is 0 Å². The zero-order valence-electron chi connectivity index (χ0n) is 11.5. The topological polar surface area (TPSA) is 32.3 Å². The summed E-state index contributed by atoms with van der Waals surface area (Å²) in [5, 5.41) is 13.1. The Kier molecular flexibility index (Phi) is 5.16. The third-order valence-electron chi connectivity index (χ3n) is 2.68. The fraction of sp³-hybridized carbons (Fsp3) is 0.600. The third-order valence-corrected chi connectivity index (χ3v) is 2.68. The summed E-state index contributed by atoms with van der Waals surface area (Å²) in [7, 11) is 0. The highest BCUT2D eigenvalue weighted by Crippen LogP contribution is 2.20. The van der Waals surface area contributed by atoms with Gasteiger partial charge in [-0.2, -0.15) is 0 Å². The van der Waals surface area contributed by atoms with E-state index in [1.807, 2.05) is 0 Å². The summed E-state index contributed by atoms with van der Waals surface area (Å²) < 4.78 is 0. The van der Waals surface area contributed by atoms with E-state index in [9.17, 15) is 5.11 Å². The van der Waals surface area contributed by atoms with E-state index in [2.05, 4.69) is 57.3 Å². The molecule has 0 aliphatic carbocycles. The quantitative estimate of drug-likeness (QED) is 0.822. The molecule has 0 radical (unpaired) electrons. The molecular formula is C15H25NO. The van der Waals surface area contributed by atoms with Crippen molar-refractivity contribution in [2.24, 2.45) is 5.41 Å². The van der Waals surface area contributed by atoms with Gasteiger partial charge >= 0.3 is 0 Å². The number of hydrogen-bond donors (Lipinski definition) is 2. The molecule has 1 aromatic rings. The molecule has 0 saturated carbocycles. The van der Waals surface area contributed by atoms with Crippen molar-refractivity contribution < 1.29 is 5.11 Å². The fourth-order valence-electron chi connectivity index (χ4n) is 1.87. The van der Waals surface area contributed by atoms with Crippen molar-refractivity contribution in [3.05, 3.63) is 35.4 Å².